The van der Waals surface area contributed by atoms with Crippen LogP contribution < -0.4 is 9.62 Å². The van der Waals surface area contributed by atoms with E-state index in [4.69, 9.17) is 23.2 Å². The largest absolute Gasteiger partial charge is 0.357 e. The van der Waals surface area contributed by atoms with Gasteiger partial charge in [-0.05, 0) is 47.9 Å². The first-order valence-corrected chi connectivity index (χ1v) is 14.1. The van der Waals surface area contributed by atoms with Crippen LogP contribution in [0.15, 0.2) is 72.8 Å². The zero-order valence-electron chi connectivity index (χ0n) is 20.8. The van der Waals surface area contributed by atoms with Crippen molar-refractivity contribution in [1.29, 1.82) is 0 Å². The molecule has 10 heteroatoms. The molecule has 3 rings (SSSR count). The van der Waals surface area contributed by atoms with Crippen molar-refractivity contribution in [3.8, 4) is 0 Å². The molecule has 3 aromatic rings. The number of benzene rings is 3. The van der Waals surface area contributed by atoms with E-state index in [9.17, 15) is 18.0 Å². The molecule has 0 radical (unpaired) electrons. The summed E-state index contributed by atoms with van der Waals surface area (Å²) in [6.45, 7) is 1.37. The molecule has 37 heavy (non-hydrogen) atoms. The first kappa shape index (κ1) is 28.5. The third-order valence-corrected chi connectivity index (χ3v) is 7.71. The normalized spacial score (nSPS) is 12.0. The maximum atomic E-state index is 13.8. The quantitative estimate of drug-likeness (QED) is 0.396. The second kappa shape index (κ2) is 12.4. The van der Waals surface area contributed by atoms with Gasteiger partial charge in [-0.3, -0.25) is 13.9 Å². The highest BCUT2D eigenvalue weighted by Crippen LogP contribution is 2.26. The Balaban J connectivity index is 2.03. The van der Waals surface area contributed by atoms with Crippen LogP contribution in [0.4, 0.5) is 5.69 Å². The summed E-state index contributed by atoms with van der Waals surface area (Å²) in [5.74, 6) is -0.906. The minimum absolute atomic E-state index is 0.0766. The number of anilines is 1. The molecule has 0 saturated heterocycles. The number of nitrogens with zero attached hydrogens (tertiary/aromatic N) is 2. The van der Waals surface area contributed by atoms with Gasteiger partial charge in [-0.25, -0.2) is 8.42 Å². The summed E-state index contributed by atoms with van der Waals surface area (Å²) in [5.41, 5.74) is 2.63. The summed E-state index contributed by atoms with van der Waals surface area (Å²) in [6.07, 6.45) is 1.27. The fourth-order valence-electron chi connectivity index (χ4n) is 3.86. The van der Waals surface area contributed by atoms with Gasteiger partial charge >= 0.3 is 0 Å². The molecule has 196 valence electrons. The monoisotopic (exact) mass is 561 g/mol. The Morgan fingerprint density at radius 2 is 1.59 bits per heavy atom. The molecular formula is C27H29Cl2N3O4S. The van der Waals surface area contributed by atoms with Crippen molar-refractivity contribution in [3.63, 3.8) is 0 Å². The molecular weight excluding hydrogens is 533 g/mol. The number of carbonyl (C=O) groups is 2. The number of nitrogens with one attached hydrogen (secondary N) is 1. The van der Waals surface area contributed by atoms with E-state index in [1.54, 1.807) is 43.3 Å². The summed E-state index contributed by atoms with van der Waals surface area (Å²) in [7, 11) is -2.35. The number of hydrogen-bond donors (Lipinski definition) is 1. The number of aryl methyl sites for hydroxylation is 1. The zero-order valence-corrected chi connectivity index (χ0v) is 23.1. The summed E-state index contributed by atoms with van der Waals surface area (Å²) >= 11 is 12.3. The van der Waals surface area contributed by atoms with Crippen molar-refractivity contribution < 1.29 is 18.0 Å². The third kappa shape index (κ3) is 7.71. The molecule has 0 unspecified atom stereocenters. The zero-order chi connectivity index (χ0) is 27.2. The van der Waals surface area contributed by atoms with Gasteiger partial charge in [0.15, 0.2) is 0 Å². The topological polar surface area (TPSA) is 86.8 Å². The van der Waals surface area contributed by atoms with E-state index in [0.29, 0.717) is 10.0 Å². The van der Waals surface area contributed by atoms with E-state index in [2.05, 4.69) is 5.32 Å². The number of hydrogen-bond acceptors (Lipinski definition) is 4. The maximum absolute atomic E-state index is 13.8. The Morgan fingerprint density at radius 1 is 0.946 bits per heavy atom. The molecule has 0 aliphatic heterocycles. The van der Waals surface area contributed by atoms with Gasteiger partial charge in [-0.15, -0.1) is 0 Å². The van der Waals surface area contributed by atoms with Crippen molar-refractivity contribution in [3.05, 3.63) is 99.5 Å². The third-order valence-electron chi connectivity index (χ3n) is 5.91. The van der Waals surface area contributed by atoms with Gasteiger partial charge in [0, 0.05) is 30.1 Å². The molecule has 0 bridgehead atoms. The van der Waals surface area contributed by atoms with E-state index in [1.807, 2.05) is 30.3 Å². The number of likely N-dealkylation sites (N-methyl/N-ethyl adjacent to an activating group) is 1. The minimum atomic E-state index is -3.86. The highest BCUT2D eigenvalue weighted by Gasteiger charge is 2.32. The fraction of sp³-hybridized carbons (Fsp3) is 0.259. The minimum Gasteiger partial charge on any atom is -0.357 e. The van der Waals surface area contributed by atoms with Crippen LogP contribution in [0.3, 0.4) is 0 Å². The SMILES string of the molecule is CNC(=O)[C@@H](Cc1ccccc1)N(Cc1ccc(Cl)cc1)C(=O)CN(c1ccc(C)c(Cl)c1)S(C)(=O)=O. The van der Waals surface area contributed by atoms with E-state index in [-0.39, 0.29) is 24.6 Å². The molecule has 7 nitrogen and oxygen atoms in total. The number of carbonyl (C=O) groups excluding carboxylic acids is 2. The fourth-order valence-corrected chi connectivity index (χ4v) is 5.00. The van der Waals surface area contributed by atoms with Crippen molar-refractivity contribution in [2.45, 2.75) is 25.9 Å². The molecule has 0 fully saturated rings. The Hall–Kier alpha value is -3.07. The summed E-state index contributed by atoms with van der Waals surface area (Å²) < 4.78 is 26.5. The van der Waals surface area contributed by atoms with Gasteiger partial charge in [0.2, 0.25) is 21.8 Å². The van der Waals surface area contributed by atoms with Gasteiger partial charge in [-0.1, -0.05) is 71.7 Å². The van der Waals surface area contributed by atoms with Gasteiger partial charge in [0.1, 0.15) is 12.6 Å². The van der Waals surface area contributed by atoms with Crippen LogP contribution in [0.2, 0.25) is 10.0 Å². The summed E-state index contributed by atoms with van der Waals surface area (Å²) in [5, 5.41) is 3.56. The van der Waals surface area contributed by atoms with Crippen molar-refractivity contribution in [2.75, 3.05) is 24.2 Å². The molecule has 0 aromatic heterocycles. The first-order valence-electron chi connectivity index (χ1n) is 11.5. The Labute approximate surface area is 228 Å². The highest BCUT2D eigenvalue weighted by atomic mass is 35.5. The average molecular weight is 563 g/mol. The molecule has 0 heterocycles. The molecule has 0 saturated carbocycles. The lowest BCUT2D eigenvalue weighted by molar-refractivity contribution is -0.139. The van der Waals surface area contributed by atoms with Crippen LogP contribution in [0.1, 0.15) is 16.7 Å². The second-order valence-corrected chi connectivity index (χ2v) is 11.4. The summed E-state index contributed by atoms with van der Waals surface area (Å²) in [6, 6.07) is 20.1. The van der Waals surface area contributed by atoms with Crippen LogP contribution in [0, 0.1) is 6.92 Å². The van der Waals surface area contributed by atoms with E-state index >= 15 is 0 Å². The van der Waals surface area contributed by atoms with Crippen LogP contribution in [-0.2, 0) is 32.6 Å². The predicted molar refractivity (Wildman–Crippen MR) is 148 cm³/mol. The van der Waals surface area contributed by atoms with Gasteiger partial charge in [0.25, 0.3) is 0 Å². The Bertz CT molecular complexity index is 1350. The van der Waals surface area contributed by atoms with E-state index < -0.39 is 28.5 Å². The molecule has 0 spiro atoms. The van der Waals surface area contributed by atoms with Crippen LogP contribution in [-0.4, -0.2) is 51.0 Å². The number of rotatable bonds is 10. The molecule has 0 aliphatic rings. The van der Waals surface area contributed by atoms with Gasteiger partial charge in [0.05, 0.1) is 11.9 Å². The first-order chi connectivity index (χ1) is 17.5. The molecule has 1 atom stereocenters. The lowest BCUT2D eigenvalue weighted by Gasteiger charge is -2.33. The lowest BCUT2D eigenvalue weighted by Crippen LogP contribution is -2.52. The second-order valence-electron chi connectivity index (χ2n) is 8.67. The molecule has 1 N–H and O–H groups in total. The number of amides is 2. The standard InChI is InChI=1S/C27H29Cl2N3O4S/c1-19-9-14-23(16-24(19)29)32(37(3,35)36)18-26(33)31(17-21-10-12-22(28)13-11-21)25(27(34)30-2)15-20-7-5-4-6-8-20/h4-14,16,25H,15,17-18H2,1-3H3,(H,30,34)/t25-/m1/s1. The van der Waals surface area contributed by atoms with Crippen molar-refractivity contribution >= 4 is 50.7 Å². The summed E-state index contributed by atoms with van der Waals surface area (Å²) in [4.78, 5) is 28.3. The molecule has 2 amide bonds. The number of sulfonamides is 1. The molecule has 3 aromatic carbocycles. The van der Waals surface area contributed by atoms with E-state index in [0.717, 1.165) is 27.3 Å². The lowest BCUT2D eigenvalue weighted by atomic mass is 10.0. The van der Waals surface area contributed by atoms with Gasteiger partial charge in [-0.2, -0.15) is 0 Å². The average Bonchev–Trinajstić information content (AvgIpc) is 2.87. The van der Waals surface area contributed by atoms with Crippen LogP contribution >= 0.6 is 23.2 Å². The number of halogens is 2. The van der Waals surface area contributed by atoms with E-state index in [1.165, 1.54) is 18.0 Å². The smallest absolute Gasteiger partial charge is 0.244 e. The molecule has 0 aliphatic carbocycles. The maximum Gasteiger partial charge on any atom is 0.244 e. The van der Waals surface area contributed by atoms with Crippen molar-refractivity contribution in [2.24, 2.45) is 0 Å². The van der Waals surface area contributed by atoms with Gasteiger partial charge < -0.3 is 10.2 Å². The van der Waals surface area contributed by atoms with Crippen molar-refractivity contribution in [1.82, 2.24) is 10.2 Å². The van der Waals surface area contributed by atoms with Crippen LogP contribution in [0.5, 0.6) is 0 Å². The predicted octanol–water partition coefficient (Wildman–Crippen LogP) is 4.45. The highest BCUT2D eigenvalue weighted by molar-refractivity contribution is 7.92. The Kier molecular flexibility index (Phi) is 9.59. The Morgan fingerprint density at radius 3 is 2.16 bits per heavy atom. The van der Waals surface area contributed by atoms with Crippen LogP contribution in [0.25, 0.3) is 0 Å².